The standard InChI is InChI=1S/C36H42N8O4/c1-43(2)25-11-15-44(16-12-25)29-21-31(47-3)28(20-27(29)38-35(46)23-7-8-23)40-36-37-14-10-26(39-36)34-33(41-32(42-34)5-4-17-45)24-9-6-22-13-18-48-30(22)19-24/h6,9-10,13-14,18-21,23,25,45H,4-5,7-8,11-12,15-17H2,1-3H3,(H,38,46)(H,41,42)(H,37,39,40). The predicted octanol–water partition coefficient (Wildman–Crippen LogP) is 5.84. The first-order valence-corrected chi connectivity index (χ1v) is 16.6. The van der Waals surface area contributed by atoms with Crippen LogP contribution in [0.2, 0.25) is 0 Å². The van der Waals surface area contributed by atoms with E-state index in [1.807, 2.05) is 42.5 Å². The number of piperidine rings is 1. The number of H-pyrrole nitrogens is 1. The lowest BCUT2D eigenvalue weighted by Crippen LogP contribution is -2.42. The molecular weight excluding hydrogens is 608 g/mol. The summed E-state index contributed by atoms with van der Waals surface area (Å²) in [5.41, 5.74) is 6.10. The zero-order valence-corrected chi connectivity index (χ0v) is 27.6. The van der Waals surface area contributed by atoms with Gasteiger partial charge >= 0.3 is 0 Å². The highest BCUT2D eigenvalue weighted by atomic mass is 16.5. The van der Waals surface area contributed by atoms with E-state index < -0.39 is 0 Å². The number of furan rings is 1. The van der Waals surface area contributed by atoms with Gasteiger partial charge in [0.2, 0.25) is 11.9 Å². The maximum atomic E-state index is 13.0. The summed E-state index contributed by atoms with van der Waals surface area (Å²) in [6, 6.07) is 14.2. The second-order valence-electron chi connectivity index (χ2n) is 12.8. The first kappa shape index (κ1) is 31.6. The summed E-state index contributed by atoms with van der Waals surface area (Å²) < 4.78 is 11.5. The number of hydrogen-bond acceptors (Lipinski definition) is 10. The second kappa shape index (κ2) is 13.7. The third kappa shape index (κ3) is 6.71. The molecule has 1 amide bonds. The van der Waals surface area contributed by atoms with Gasteiger partial charge in [0.25, 0.3) is 0 Å². The van der Waals surface area contributed by atoms with Crippen molar-refractivity contribution in [1.82, 2.24) is 24.8 Å². The van der Waals surface area contributed by atoms with Crippen LogP contribution in [0.5, 0.6) is 5.75 Å². The number of carbonyl (C=O) groups excluding carboxylic acids is 1. The monoisotopic (exact) mass is 650 g/mol. The van der Waals surface area contributed by atoms with Gasteiger partial charge < -0.3 is 39.7 Å². The van der Waals surface area contributed by atoms with E-state index in [4.69, 9.17) is 19.1 Å². The third-order valence-corrected chi connectivity index (χ3v) is 9.27. The zero-order valence-electron chi connectivity index (χ0n) is 27.6. The number of fused-ring (bicyclic) bond motifs is 1. The number of aryl methyl sites for hydroxylation is 1. The molecule has 7 rings (SSSR count). The maximum Gasteiger partial charge on any atom is 0.227 e. The molecule has 0 radical (unpaired) electrons. The van der Waals surface area contributed by atoms with Crippen molar-refractivity contribution in [3.05, 3.63) is 60.7 Å². The summed E-state index contributed by atoms with van der Waals surface area (Å²) in [6.07, 6.45) is 8.47. The van der Waals surface area contributed by atoms with Crippen molar-refractivity contribution in [3.8, 4) is 28.4 Å². The van der Waals surface area contributed by atoms with Gasteiger partial charge in [0.1, 0.15) is 17.2 Å². The summed E-state index contributed by atoms with van der Waals surface area (Å²) in [7, 11) is 5.90. The lowest BCUT2D eigenvalue weighted by atomic mass is 10.0. The van der Waals surface area contributed by atoms with Gasteiger partial charge in [-0.2, -0.15) is 0 Å². The Hall–Kier alpha value is -4.94. The molecule has 12 heteroatoms. The molecule has 3 aromatic heterocycles. The molecular formula is C36H42N8O4. The van der Waals surface area contributed by atoms with Crippen molar-refractivity contribution in [3.63, 3.8) is 0 Å². The first-order chi connectivity index (χ1) is 23.4. The van der Waals surface area contributed by atoms with Crippen LogP contribution in [0.25, 0.3) is 33.6 Å². The number of rotatable bonds is 12. The second-order valence-corrected chi connectivity index (χ2v) is 12.8. The molecule has 2 fully saturated rings. The minimum absolute atomic E-state index is 0.0466. The number of methoxy groups -OCH3 is 1. The van der Waals surface area contributed by atoms with Crippen LogP contribution in [0.3, 0.4) is 0 Å². The van der Waals surface area contributed by atoms with Crippen molar-refractivity contribution in [2.75, 3.05) is 56.4 Å². The van der Waals surface area contributed by atoms with E-state index in [1.54, 1.807) is 19.6 Å². The van der Waals surface area contributed by atoms with E-state index in [1.165, 1.54) is 0 Å². The Balaban J connectivity index is 1.21. The fourth-order valence-electron chi connectivity index (χ4n) is 6.36. The SMILES string of the molecule is COc1cc(N2CCC(N(C)C)CC2)c(NC(=O)C2CC2)cc1Nc1nccc(-c2[nH]c(CCCO)nc2-c2ccc3ccoc3c2)n1. The molecule has 250 valence electrons. The normalized spacial score (nSPS) is 15.3. The van der Waals surface area contributed by atoms with Crippen LogP contribution in [-0.2, 0) is 11.2 Å². The Morgan fingerprint density at radius 1 is 1.08 bits per heavy atom. The lowest BCUT2D eigenvalue weighted by Gasteiger charge is -2.37. The molecule has 0 bridgehead atoms. The number of amides is 1. The van der Waals surface area contributed by atoms with E-state index in [9.17, 15) is 9.90 Å². The van der Waals surface area contributed by atoms with Crippen molar-refractivity contribution in [2.24, 2.45) is 5.92 Å². The summed E-state index contributed by atoms with van der Waals surface area (Å²) in [5.74, 6) is 1.85. The van der Waals surface area contributed by atoms with Crippen LogP contribution < -0.4 is 20.3 Å². The Labute approximate surface area is 279 Å². The highest BCUT2D eigenvalue weighted by molar-refractivity contribution is 5.98. The van der Waals surface area contributed by atoms with Crippen molar-refractivity contribution >= 4 is 39.9 Å². The number of anilines is 4. The largest absolute Gasteiger partial charge is 0.494 e. The van der Waals surface area contributed by atoms with E-state index in [-0.39, 0.29) is 18.4 Å². The first-order valence-electron chi connectivity index (χ1n) is 16.6. The summed E-state index contributed by atoms with van der Waals surface area (Å²) in [5, 5.41) is 17.0. The number of ether oxygens (including phenoxy) is 1. The Kier molecular flexibility index (Phi) is 9.00. The van der Waals surface area contributed by atoms with Gasteiger partial charge in [-0.05, 0) is 70.5 Å². The van der Waals surface area contributed by atoms with Gasteiger partial charge in [-0.1, -0.05) is 12.1 Å². The van der Waals surface area contributed by atoms with Gasteiger partial charge in [0.15, 0.2) is 0 Å². The molecule has 4 N–H and O–H groups in total. The van der Waals surface area contributed by atoms with Gasteiger partial charge in [0.05, 0.1) is 47.5 Å². The molecule has 1 saturated carbocycles. The number of imidazole rings is 1. The van der Waals surface area contributed by atoms with E-state index in [2.05, 4.69) is 44.5 Å². The topological polar surface area (TPSA) is 145 Å². The summed E-state index contributed by atoms with van der Waals surface area (Å²) in [4.78, 5) is 35.4. The third-order valence-electron chi connectivity index (χ3n) is 9.27. The van der Waals surface area contributed by atoms with Crippen LogP contribution in [0, 0.1) is 5.92 Å². The van der Waals surface area contributed by atoms with Crippen molar-refractivity contribution < 1.29 is 19.1 Å². The minimum atomic E-state index is 0.0466. The van der Waals surface area contributed by atoms with Crippen LogP contribution in [-0.4, -0.2) is 82.8 Å². The highest BCUT2D eigenvalue weighted by Gasteiger charge is 2.31. The number of nitrogens with one attached hydrogen (secondary N) is 3. The number of hydrogen-bond donors (Lipinski definition) is 4. The van der Waals surface area contributed by atoms with Crippen LogP contribution in [0.4, 0.5) is 23.0 Å². The van der Waals surface area contributed by atoms with Gasteiger partial charge in [0, 0.05) is 61.3 Å². The molecule has 1 saturated heterocycles. The number of aliphatic hydroxyl groups is 1. The molecule has 12 nitrogen and oxygen atoms in total. The number of aliphatic hydroxyl groups excluding tert-OH is 1. The minimum Gasteiger partial charge on any atom is -0.494 e. The fourth-order valence-corrected chi connectivity index (χ4v) is 6.36. The maximum absolute atomic E-state index is 13.0. The average molecular weight is 651 g/mol. The molecule has 0 spiro atoms. The van der Waals surface area contributed by atoms with Gasteiger partial charge in [-0.3, -0.25) is 4.79 Å². The fraction of sp³-hybridized carbons (Fsp3) is 0.389. The molecule has 4 heterocycles. The average Bonchev–Trinajstić information content (AvgIpc) is 3.70. The summed E-state index contributed by atoms with van der Waals surface area (Å²) in [6.45, 7) is 1.84. The predicted molar refractivity (Wildman–Crippen MR) is 187 cm³/mol. The van der Waals surface area contributed by atoms with Gasteiger partial charge in [-0.15, -0.1) is 0 Å². The number of carbonyl (C=O) groups is 1. The Morgan fingerprint density at radius 2 is 1.92 bits per heavy atom. The summed E-state index contributed by atoms with van der Waals surface area (Å²) >= 11 is 0. The van der Waals surface area contributed by atoms with Gasteiger partial charge in [-0.25, -0.2) is 15.0 Å². The molecule has 1 aliphatic carbocycles. The molecule has 0 unspecified atom stereocenters. The Morgan fingerprint density at radius 3 is 2.67 bits per heavy atom. The molecule has 5 aromatic rings. The number of benzene rings is 2. The highest BCUT2D eigenvalue weighted by Crippen LogP contribution is 2.41. The number of aromatic nitrogens is 4. The smallest absolute Gasteiger partial charge is 0.227 e. The van der Waals surface area contributed by atoms with Crippen LogP contribution in [0.1, 0.15) is 37.9 Å². The molecule has 2 aliphatic rings. The van der Waals surface area contributed by atoms with Crippen LogP contribution in [0.15, 0.2) is 59.3 Å². The number of aromatic amines is 1. The molecule has 1 aliphatic heterocycles. The van der Waals surface area contributed by atoms with E-state index >= 15 is 0 Å². The molecule has 48 heavy (non-hydrogen) atoms. The van der Waals surface area contributed by atoms with E-state index in [0.29, 0.717) is 42.0 Å². The lowest BCUT2D eigenvalue weighted by molar-refractivity contribution is -0.117. The zero-order chi connectivity index (χ0) is 33.2. The van der Waals surface area contributed by atoms with Crippen molar-refractivity contribution in [1.29, 1.82) is 0 Å². The quantitative estimate of drug-likeness (QED) is 0.130. The number of nitrogens with zero attached hydrogens (tertiary/aromatic N) is 5. The van der Waals surface area contributed by atoms with Crippen molar-refractivity contribution in [2.45, 2.75) is 44.6 Å². The molecule has 0 atom stereocenters. The molecule has 2 aromatic carbocycles. The Bertz CT molecular complexity index is 1910. The van der Waals surface area contributed by atoms with Crippen LogP contribution >= 0.6 is 0 Å². The van der Waals surface area contributed by atoms with E-state index in [0.717, 1.165) is 83.9 Å².